The number of aromatic nitrogens is 2. The zero-order valence-corrected chi connectivity index (χ0v) is 14.5. The molecular weight excluding hydrogens is 318 g/mol. The SMILES string of the molecule is CN(C)c1ccnc(NCc2cccc(NC(=O)[C@H]3CCCO3)c2)n1. The van der Waals surface area contributed by atoms with Crippen molar-refractivity contribution in [2.75, 3.05) is 36.2 Å². The molecule has 7 heteroatoms. The van der Waals surface area contributed by atoms with Crippen LogP contribution >= 0.6 is 0 Å². The minimum atomic E-state index is -0.330. The van der Waals surface area contributed by atoms with E-state index >= 15 is 0 Å². The third-order valence-corrected chi connectivity index (χ3v) is 3.97. The lowest BCUT2D eigenvalue weighted by molar-refractivity contribution is -0.124. The zero-order chi connectivity index (χ0) is 17.6. The Morgan fingerprint density at radius 3 is 3.00 bits per heavy atom. The number of rotatable bonds is 6. The molecule has 2 aromatic rings. The Morgan fingerprint density at radius 1 is 1.36 bits per heavy atom. The van der Waals surface area contributed by atoms with E-state index in [1.54, 1.807) is 6.20 Å². The van der Waals surface area contributed by atoms with E-state index in [1.165, 1.54) is 0 Å². The molecule has 1 aromatic heterocycles. The van der Waals surface area contributed by atoms with Crippen molar-refractivity contribution in [2.24, 2.45) is 0 Å². The molecule has 1 aliphatic rings. The maximum Gasteiger partial charge on any atom is 0.253 e. The number of benzene rings is 1. The summed E-state index contributed by atoms with van der Waals surface area (Å²) in [5, 5.41) is 6.12. The van der Waals surface area contributed by atoms with E-state index in [4.69, 9.17) is 4.74 Å². The molecule has 3 rings (SSSR count). The Labute approximate surface area is 147 Å². The smallest absolute Gasteiger partial charge is 0.253 e. The van der Waals surface area contributed by atoms with Crippen LogP contribution in [0.3, 0.4) is 0 Å². The normalized spacial score (nSPS) is 16.5. The maximum atomic E-state index is 12.1. The van der Waals surface area contributed by atoms with Crippen LogP contribution < -0.4 is 15.5 Å². The molecule has 2 N–H and O–H groups in total. The third-order valence-electron chi connectivity index (χ3n) is 3.97. The number of amides is 1. The second-order valence-corrected chi connectivity index (χ2v) is 6.18. The standard InChI is InChI=1S/C18H23N5O2/c1-23(2)16-8-9-19-18(22-16)20-12-13-5-3-6-14(11-13)21-17(24)15-7-4-10-25-15/h3,5-6,8-9,11,15H,4,7,10,12H2,1-2H3,(H,21,24)(H,19,20,22)/t15-/m1/s1. The van der Waals surface area contributed by atoms with Gasteiger partial charge in [0.2, 0.25) is 5.95 Å². The predicted molar refractivity (Wildman–Crippen MR) is 97.7 cm³/mol. The number of nitrogens with zero attached hydrogens (tertiary/aromatic N) is 3. The first-order valence-electron chi connectivity index (χ1n) is 8.37. The van der Waals surface area contributed by atoms with Crippen molar-refractivity contribution in [3.8, 4) is 0 Å². The molecule has 1 aromatic carbocycles. The fraction of sp³-hybridized carbons (Fsp3) is 0.389. The molecule has 0 bridgehead atoms. The molecule has 0 spiro atoms. The van der Waals surface area contributed by atoms with Gasteiger partial charge < -0.3 is 20.3 Å². The Bertz CT molecular complexity index is 729. The van der Waals surface area contributed by atoms with Gasteiger partial charge in [-0.25, -0.2) is 4.98 Å². The number of carbonyl (C=O) groups is 1. The van der Waals surface area contributed by atoms with Crippen molar-refractivity contribution >= 4 is 23.4 Å². The fourth-order valence-electron chi connectivity index (χ4n) is 2.63. The monoisotopic (exact) mass is 341 g/mol. The van der Waals surface area contributed by atoms with Crippen LogP contribution in [0.1, 0.15) is 18.4 Å². The highest BCUT2D eigenvalue weighted by Crippen LogP contribution is 2.17. The van der Waals surface area contributed by atoms with Gasteiger partial charge in [-0.15, -0.1) is 0 Å². The van der Waals surface area contributed by atoms with Crippen LogP contribution in [0.15, 0.2) is 36.5 Å². The number of nitrogens with one attached hydrogen (secondary N) is 2. The van der Waals surface area contributed by atoms with E-state index < -0.39 is 0 Å². The van der Waals surface area contributed by atoms with Gasteiger partial charge in [0.05, 0.1) is 0 Å². The lowest BCUT2D eigenvalue weighted by Crippen LogP contribution is -2.26. The molecule has 132 valence electrons. The quantitative estimate of drug-likeness (QED) is 0.839. The summed E-state index contributed by atoms with van der Waals surface area (Å²) < 4.78 is 5.41. The lowest BCUT2D eigenvalue weighted by atomic mass is 10.2. The maximum absolute atomic E-state index is 12.1. The van der Waals surface area contributed by atoms with Crippen LogP contribution in [0.2, 0.25) is 0 Å². The van der Waals surface area contributed by atoms with Crippen molar-refractivity contribution in [3.63, 3.8) is 0 Å². The molecule has 1 saturated heterocycles. The van der Waals surface area contributed by atoms with Gasteiger partial charge in [0, 0.05) is 39.1 Å². The Balaban J connectivity index is 1.60. The summed E-state index contributed by atoms with van der Waals surface area (Å²) in [4.78, 5) is 22.7. The average Bonchev–Trinajstić information content (AvgIpc) is 3.15. The van der Waals surface area contributed by atoms with Crippen LogP contribution in [-0.4, -0.2) is 42.7 Å². The number of hydrogen-bond acceptors (Lipinski definition) is 6. The van der Waals surface area contributed by atoms with Crippen LogP contribution in [0, 0.1) is 0 Å². The van der Waals surface area contributed by atoms with Crippen LogP contribution in [-0.2, 0) is 16.1 Å². The molecule has 0 aliphatic carbocycles. The summed E-state index contributed by atoms with van der Waals surface area (Å²) in [7, 11) is 3.87. The van der Waals surface area contributed by atoms with Crippen LogP contribution in [0.25, 0.3) is 0 Å². The zero-order valence-electron chi connectivity index (χ0n) is 14.5. The summed E-state index contributed by atoms with van der Waals surface area (Å²) in [6.07, 6.45) is 3.12. The number of anilines is 3. The molecule has 7 nitrogen and oxygen atoms in total. The van der Waals surface area contributed by atoms with Gasteiger partial charge in [-0.1, -0.05) is 12.1 Å². The minimum Gasteiger partial charge on any atom is -0.368 e. The van der Waals surface area contributed by atoms with E-state index in [1.807, 2.05) is 49.3 Å². The molecule has 25 heavy (non-hydrogen) atoms. The minimum absolute atomic E-state index is 0.0790. The highest BCUT2D eigenvalue weighted by molar-refractivity contribution is 5.94. The average molecular weight is 341 g/mol. The van der Waals surface area contributed by atoms with Crippen molar-refractivity contribution in [1.29, 1.82) is 0 Å². The molecule has 1 aliphatic heterocycles. The van der Waals surface area contributed by atoms with E-state index in [9.17, 15) is 4.79 Å². The first-order chi connectivity index (χ1) is 12.1. The second kappa shape index (κ2) is 7.94. The van der Waals surface area contributed by atoms with Gasteiger partial charge >= 0.3 is 0 Å². The summed E-state index contributed by atoms with van der Waals surface area (Å²) in [6.45, 7) is 1.23. The van der Waals surface area contributed by atoms with Crippen LogP contribution in [0.5, 0.6) is 0 Å². The third kappa shape index (κ3) is 4.67. The Kier molecular flexibility index (Phi) is 5.45. The van der Waals surface area contributed by atoms with Gasteiger partial charge in [-0.2, -0.15) is 4.98 Å². The van der Waals surface area contributed by atoms with Crippen molar-refractivity contribution < 1.29 is 9.53 Å². The van der Waals surface area contributed by atoms with E-state index in [0.29, 0.717) is 19.1 Å². The molecule has 1 fully saturated rings. The molecule has 1 atom stereocenters. The van der Waals surface area contributed by atoms with Gasteiger partial charge in [-0.3, -0.25) is 4.79 Å². The van der Waals surface area contributed by atoms with Crippen molar-refractivity contribution in [3.05, 3.63) is 42.1 Å². The summed E-state index contributed by atoms with van der Waals surface area (Å²) >= 11 is 0. The molecule has 0 saturated carbocycles. The highest BCUT2D eigenvalue weighted by atomic mass is 16.5. The van der Waals surface area contributed by atoms with Gasteiger partial charge in [-0.05, 0) is 36.6 Å². The van der Waals surface area contributed by atoms with Gasteiger partial charge in [0.1, 0.15) is 11.9 Å². The van der Waals surface area contributed by atoms with Crippen molar-refractivity contribution in [1.82, 2.24) is 9.97 Å². The number of ether oxygens (including phenoxy) is 1. The number of carbonyl (C=O) groups excluding carboxylic acids is 1. The summed E-state index contributed by atoms with van der Waals surface area (Å²) in [5.41, 5.74) is 1.80. The molecule has 2 heterocycles. The predicted octanol–water partition coefficient (Wildman–Crippen LogP) is 2.27. The molecule has 0 radical (unpaired) electrons. The first kappa shape index (κ1) is 17.2. The molecule has 0 unspecified atom stereocenters. The lowest BCUT2D eigenvalue weighted by Gasteiger charge is -2.13. The van der Waals surface area contributed by atoms with E-state index in [-0.39, 0.29) is 12.0 Å². The second-order valence-electron chi connectivity index (χ2n) is 6.18. The topological polar surface area (TPSA) is 79.4 Å². The van der Waals surface area contributed by atoms with E-state index in [0.717, 1.165) is 29.9 Å². The largest absolute Gasteiger partial charge is 0.368 e. The fourth-order valence-corrected chi connectivity index (χ4v) is 2.63. The molecule has 1 amide bonds. The molecular formula is C18H23N5O2. The van der Waals surface area contributed by atoms with Gasteiger partial charge in [0.15, 0.2) is 0 Å². The summed E-state index contributed by atoms with van der Waals surface area (Å²) in [5.74, 6) is 1.33. The first-order valence-corrected chi connectivity index (χ1v) is 8.37. The highest BCUT2D eigenvalue weighted by Gasteiger charge is 2.23. The Hall–Kier alpha value is -2.67. The Morgan fingerprint density at radius 2 is 2.24 bits per heavy atom. The van der Waals surface area contributed by atoms with Crippen molar-refractivity contribution in [2.45, 2.75) is 25.5 Å². The van der Waals surface area contributed by atoms with Crippen LogP contribution in [0.4, 0.5) is 17.5 Å². The van der Waals surface area contributed by atoms with E-state index in [2.05, 4.69) is 20.6 Å². The number of hydrogen-bond donors (Lipinski definition) is 2. The van der Waals surface area contributed by atoms with Gasteiger partial charge in [0.25, 0.3) is 5.91 Å². The summed E-state index contributed by atoms with van der Waals surface area (Å²) in [6, 6.07) is 9.57.